The molecule has 4 rings (SSSR count). The molecule has 3 amide bonds. The fraction of sp³-hybridized carbons (Fsp3) is 0.167. The molecule has 0 aliphatic carbocycles. The van der Waals surface area contributed by atoms with Gasteiger partial charge in [-0.25, -0.2) is 4.39 Å². The van der Waals surface area contributed by atoms with Crippen molar-refractivity contribution < 1.29 is 18.8 Å². The first-order valence-electron chi connectivity index (χ1n) is 7.93. The first-order chi connectivity index (χ1) is 12.4. The van der Waals surface area contributed by atoms with Crippen LogP contribution in [0.1, 0.15) is 23.2 Å². The summed E-state index contributed by atoms with van der Waals surface area (Å²) in [4.78, 5) is 39.3. The number of benzene rings is 2. The highest BCUT2D eigenvalue weighted by atomic mass is 35.5. The van der Waals surface area contributed by atoms with E-state index >= 15 is 0 Å². The van der Waals surface area contributed by atoms with E-state index in [1.807, 2.05) is 0 Å². The molecule has 2 aromatic carbocycles. The Morgan fingerprint density at radius 1 is 1.23 bits per heavy atom. The number of para-hydroxylation sites is 1. The molecule has 0 unspecified atom stereocenters. The van der Waals surface area contributed by atoms with Gasteiger partial charge in [0.15, 0.2) is 0 Å². The van der Waals surface area contributed by atoms with Crippen molar-refractivity contribution >= 4 is 40.7 Å². The van der Waals surface area contributed by atoms with E-state index in [9.17, 15) is 18.8 Å². The van der Waals surface area contributed by atoms with Crippen molar-refractivity contribution in [1.82, 2.24) is 5.32 Å². The average Bonchev–Trinajstić information content (AvgIpc) is 2.96. The predicted octanol–water partition coefficient (Wildman–Crippen LogP) is 2.68. The van der Waals surface area contributed by atoms with Gasteiger partial charge < -0.3 is 10.6 Å². The van der Waals surface area contributed by atoms with Crippen LogP contribution in [-0.2, 0) is 9.59 Å². The summed E-state index contributed by atoms with van der Waals surface area (Å²) in [5.41, 5.74) is -0.533. The van der Waals surface area contributed by atoms with Gasteiger partial charge in [-0.2, -0.15) is 0 Å². The molecular weight excluding hydrogens is 361 g/mol. The van der Waals surface area contributed by atoms with Gasteiger partial charge in [0.2, 0.25) is 11.6 Å². The third-order valence-corrected chi connectivity index (χ3v) is 4.88. The van der Waals surface area contributed by atoms with Gasteiger partial charge in [-0.15, -0.1) is 0 Å². The summed E-state index contributed by atoms with van der Waals surface area (Å²) < 4.78 is 13.3. The number of anilines is 2. The molecule has 2 heterocycles. The van der Waals surface area contributed by atoms with Crippen LogP contribution < -0.4 is 15.5 Å². The number of carbonyl (C=O) groups excluding carboxylic acids is 3. The zero-order valence-corrected chi connectivity index (χ0v) is 14.1. The molecule has 1 fully saturated rings. The lowest BCUT2D eigenvalue weighted by Crippen LogP contribution is -2.68. The minimum Gasteiger partial charge on any atom is -0.322 e. The van der Waals surface area contributed by atoms with Gasteiger partial charge in [-0.1, -0.05) is 23.7 Å². The number of nitrogens with one attached hydrogen (secondary N) is 2. The largest absolute Gasteiger partial charge is 0.322 e. The fourth-order valence-electron chi connectivity index (χ4n) is 3.38. The molecule has 8 heteroatoms. The highest BCUT2D eigenvalue weighted by Gasteiger charge is 2.56. The molecule has 0 saturated carbocycles. The molecule has 2 aliphatic heterocycles. The maximum atomic E-state index is 13.3. The van der Waals surface area contributed by atoms with Gasteiger partial charge in [-0.05, 0) is 30.3 Å². The second kappa shape index (κ2) is 5.81. The Balaban J connectivity index is 1.74. The molecule has 0 bridgehead atoms. The van der Waals surface area contributed by atoms with Gasteiger partial charge in [0.05, 0.1) is 16.3 Å². The standard InChI is InChI=1S/C18H13ClFN3O3/c19-12-9-10(5-6-13(12)20)21-17(26)18-8-7-15(24)23(18)14-4-2-1-3-11(14)16(25)22-18/h1-6,9H,7-8H2,(H,21,26)(H,22,25)/t18-/m1/s1. The highest BCUT2D eigenvalue weighted by Crippen LogP contribution is 2.39. The monoisotopic (exact) mass is 373 g/mol. The molecule has 6 nitrogen and oxygen atoms in total. The second-order valence-corrected chi connectivity index (χ2v) is 6.55. The van der Waals surface area contributed by atoms with Crippen molar-refractivity contribution in [2.45, 2.75) is 18.5 Å². The van der Waals surface area contributed by atoms with E-state index < -0.39 is 23.3 Å². The van der Waals surface area contributed by atoms with Gasteiger partial charge >= 0.3 is 0 Å². The summed E-state index contributed by atoms with van der Waals surface area (Å²) in [6, 6.07) is 10.4. The Labute approximate surface area is 152 Å². The third-order valence-electron chi connectivity index (χ3n) is 4.59. The van der Waals surface area contributed by atoms with Crippen LogP contribution in [0.4, 0.5) is 15.8 Å². The zero-order valence-electron chi connectivity index (χ0n) is 13.4. The van der Waals surface area contributed by atoms with Crippen LogP contribution in [0.3, 0.4) is 0 Å². The van der Waals surface area contributed by atoms with Crippen molar-refractivity contribution in [3.63, 3.8) is 0 Å². The zero-order chi connectivity index (χ0) is 18.5. The van der Waals surface area contributed by atoms with E-state index in [-0.39, 0.29) is 29.5 Å². The fourth-order valence-corrected chi connectivity index (χ4v) is 3.56. The topological polar surface area (TPSA) is 78.5 Å². The molecule has 26 heavy (non-hydrogen) atoms. The molecule has 0 radical (unpaired) electrons. The highest BCUT2D eigenvalue weighted by molar-refractivity contribution is 6.31. The molecule has 132 valence electrons. The second-order valence-electron chi connectivity index (χ2n) is 6.14. The van der Waals surface area contributed by atoms with Crippen LogP contribution in [0.2, 0.25) is 5.02 Å². The van der Waals surface area contributed by atoms with Crippen LogP contribution in [0.15, 0.2) is 42.5 Å². The Bertz CT molecular complexity index is 964. The maximum Gasteiger partial charge on any atom is 0.271 e. The van der Waals surface area contributed by atoms with Crippen LogP contribution >= 0.6 is 11.6 Å². The first kappa shape index (κ1) is 16.5. The number of halogens is 2. The van der Waals surface area contributed by atoms with Crippen molar-refractivity contribution in [2.75, 3.05) is 10.2 Å². The van der Waals surface area contributed by atoms with E-state index in [4.69, 9.17) is 11.6 Å². The van der Waals surface area contributed by atoms with Crippen molar-refractivity contribution in [2.24, 2.45) is 0 Å². The number of nitrogens with zero attached hydrogens (tertiary/aromatic N) is 1. The number of hydrogen-bond acceptors (Lipinski definition) is 3. The Morgan fingerprint density at radius 2 is 2.00 bits per heavy atom. The number of fused-ring (bicyclic) bond motifs is 3. The lowest BCUT2D eigenvalue weighted by molar-refractivity contribution is -0.124. The molecular formula is C18H13ClFN3O3. The summed E-state index contributed by atoms with van der Waals surface area (Å²) in [7, 11) is 0. The van der Waals surface area contributed by atoms with Crippen molar-refractivity contribution in [1.29, 1.82) is 0 Å². The normalized spacial score (nSPS) is 21.1. The lowest BCUT2D eigenvalue weighted by atomic mass is 9.98. The summed E-state index contributed by atoms with van der Waals surface area (Å²) >= 11 is 5.75. The quantitative estimate of drug-likeness (QED) is 0.849. The summed E-state index contributed by atoms with van der Waals surface area (Å²) in [6.07, 6.45) is 0.249. The maximum absolute atomic E-state index is 13.3. The van der Waals surface area contributed by atoms with Crippen LogP contribution in [0.5, 0.6) is 0 Å². The first-order valence-corrected chi connectivity index (χ1v) is 8.31. The van der Waals surface area contributed by atoms with Gasteiger partial charge in [0.25, 0.3) is 11.8 Å². The van der Waals surface area contributed by atoms with E-state index in [0.717, 1.165) is 6.07 Å². The molecule has 1 saturated heterocycles. The Kier molecular flexibility index (Phi) is 3.69. The van der Waals surface area contributed by atoms with Crippen LogP contribution in [0, 0.1) is 5.82 Å². The van der Waals surface area contributed by atoms with Crippen molar-refractivity contribution in [3.8, 4) is 0 Å². The molecule has 2 aliphatic rings. The Morgan fingerprint density at radius 3 is 2.77 bits per heavy atom. The summed E-state index contributed by atoms with van der Waals surface area (Å²) in [6.45, 7) is 0. The molecule has 2 aromatic rings. The SMILES string of the molecule is O=C1N[C@]2(C(=O)Nc3ccc(F)c(Cl)c3)CCC(=O)N2c2ccccc21. The minimum absolute atomic E-state index is 0.117. The van der Waals surface area contributed by atoms with Crippen molar-refractivity contribution in [3.05, 3.63) is 58.9 Å². The third kappa shape index (κ3) is 2.35. The number of rotatable bonds is 2. The number of carbonyl (C=O) groups is 3. The molecule has 1 atom stereocenters. The molecule has 0 aromatic heterocycles. The smallest absolute Gasteiger partial charge is 0.271 e. The molecule has 0 spiro atoms. The van der Waals surface area contributed by atoms with E-state index in [1.54, 1.807) is 24.3 Å². The lowest BCUT2D eigenvalue weighted by Gasteiger charge is -2.41. The average molecular weight is 374 g/mol. The van der Waals surface area contributed by atoms with E-state index in [2.05, 4.69) is 10.6 Å². The van der Waals surface area contributed by atoms with Gasteiger partial charge in [-0.3, -0.25) is 19.3 Å². The van der Waals surface area contributed by atoms with Gasteiger partial charge in [0.1, 0.15) is 5.82 Å². The number of amides is 3. The Hall–Kier alpha value is -2.93. The summed E-state index contributed by atoms with van der Waals surface area (Å²) in [5.74, 6) is -1.89. The van der Waals surface area contributed by atoms with E-state index in [0.29, 0.717) is 11.3 Å². The molecule has 2 N–H and O–H groups in total. The number of hydrogen-bond donors (Lipinski definition) is 2. The predicted molar refractivity (Wildman–Crippen MR) is 93.4 cm³/mol. The summed E-state index contributed by atoms with van der Waals surface area (Å²) in [5, 5.41) is 5.15. The minimum atomic E-state index is -1.52. The van der Waals surface area contributed by atoms with Gasteiger partial charge in [0, 0.05) is 18.5 Å². The van der Waals surface area contributed by atoms with E-state index in [1.165, 1.54) is 17.0 Å². The van der Waals surface area contributed by atoms with Crippen LogP contribution in [0.25, 0.3) is 0 Å². The van der Waals surface area contributed by atoms with Crippen LogP contribution in [-0.4, -0.2) is 23.4 Å².